The third-order valence-electron chi connectivity index (χ3n) is 4.89. The van der Waals surface area contributed by atoms with Gasteiger partial charge in [0.1, 0.15) is 11.9 Å². The van der Waals surface area contributed by atoms with Gasteiger partial charge in [-0.2, -0.15) is 0 Å². The Labute approximate surface area is 192 Å². The molecule has 5 N–H and O–H groups in total. The second-order valence-corrected chi connectivity index (χ2v) is 7.01. The molecule has 2 heterocycles. The Morgan fingerprint density at radius 2 is 1.94 bits per heavy atom. The minimum absolute atomic E-state index is 0.0535. The molecule has 34 heavy (non-hydrogen) atoms. The number of aromatic nitrogens is 5. The quantitative estimate of drug-likeness (QED) is 0.217. The van der Waals surface area contributed by atoms with Crippen LogP contribution in [0.4, 0.5) is 10.1 Å². The Balaban J connectivity index is 1.77. The Bertz CT molecular complexity index is 1340. The minimum atomic E-state index is -1.01. The number of aromatic amines is 1. The zero-order valence-corrected chi connectivity index (χ0v) is 18.0. The summed E-state index contributed by atoms with van der Waals surface area (Å²) in [6.45, 7) is -1.01. The van der Waals surface area contributed by atoms with Gasteiger partial charge in [-0.05, 0) is 48.0 Å². The molecule has 4 aromatic rings. The Morgan fingerprint density at radius 3 is 2.59 bits per heavy atom. The number of nitrogens with zero attached hydrogens (tertiary/aromatic N) is 4. The average Bonchev–Trinajstić information content (AvgIpc) is 3.25. The highest BCUT2D eigenvalue weighted by atomic mass is 19.1. The third kappa shape index (κ3) is 4.70. The Kier molecular flexibility index (Phi) is 6.48. The number of benzene rings is 2. The van der Waals surface area contributed by atoms with Gasteiger partial charge in [-0.3, -0.25) is 10.4 Å². The number of anilines is 1. The predicted molar refractivity (Wildman–Crippen MR) is 122 cm³/mol. The number of nitrogens with one attached hydrogen (secondary N) is 3. The number of hydrogen-bond donors (Lipinski definition) is 4. The summed E-state index contributed by atoms with van der Waals surface area (Å²) in [6, 6.07) is 12.8. The third-order valence-corrected chi connectivity index (χ3v) is 4.89. The van der Waals surface area contributed by atoms with E-state index in [1.807, 2.05) is 0 Å². The molecule has 12 heteroatoms. The van der Waals surface area contributed by atoms with Crippen LogP contribution in [0.1, 0.15) is 23.0 Å². The van der Waals surface area contributed by atoms with Gasteiger partial charge in [-0.25, -0.2) is 19.2 Å². The molecule has 0 spiro atoms. The summed E-state index contributed by atoms with van der Waals surface area (Å²) >= 11 is 0. The van der Waals surface area contributed by atoms with E-state index in [1.165, 1.54) is 19.5 Å². The average molecular weight is 464 g/mol. The van der Waals surface area contributed by atoms with E-state index in [4.69, 9.17) is 20.6 Å². The van der Waals surface area contributed by atoms with Crippen molar-refractivity contribution in [2.75, 3.05) is 19.3 Å². The van der Waals surface area contributed by atoms with E-state index in [9.17, 15) is 9.18 Å². The SMILES string of the molecule is COc1cc(C(Nc2ccc(C(=N)N)cc2)c2nn(-c3ncccn3)c(=O)[nH]2)ccc1OCF. The highest BCUT2D eigenvalue weighted by molar-refractivity contribution is 5.95. The second-order valence-electron chi connectivity index (χ2n) is 7.01. The molecule has 0 amide bonds. The minimum Gasteiger partial charge on any atom is -0.493 e. The maximum Gasteiger partial charge on any atom is 0.350 e. The van der Waals surface area contributed by atoms with Gasteiger partial charge in [0.15, 0.2) is 17.3 Å². The lowest BCUT2D eigenvalue weighted by atomic mass is 10.0. The molecular weight excluding hydrogens is 443 g/mol. The van der Waals surface area contributed by atoms with Gasteiger partial charge < -0.3 is 20.5 Å². The normalized spacial score (nSPS) is 11.6. The Morgan fingerprint density at radius 1 is 1.21 bits per heavy atom. The van der Waals surface area contributed by atoms with E-state index in [1.54, 1.807) is 48.5 Å². The molecule has 0 saturated heterocycles. The number of hydrogen-bond acceptors (Lipinski definition) is 8. The lowest BCUT2D eigenvalue weighted by molar-refractivity contribution is 0.184. The van der Waals surface area contributed by atoms with Crippen LogP contribution in [0.25, 0.3) is 5.95 Å². The number of halogens is 1. The molecule has 0 fully saturated rings. The van der Waals surface area contributed by atoms with Gasteiger partial charge >= 0.3 is 5.69 Å². The van der Waals surface area contributed by atoms with Gasteiger partial charge in [0.05, 0.1) is 7.11 Å². The topological polar surface area (TPSA) is 157 Å². The maximum atomic E-state index is 12.7. The van der Waals surface area contributed by atoms with E-state index in [0.717, 1.165) is 4.68 Å². The summed E-state index contributed by atoms with van der Waals surface area (Å²) < 4.78 is 24.1. The molecular formula is C22H21FN8O3. The Hall–Kier alpha value is -4.74. The first-order valence-electron chi connectivity index (χ1n) is 10.0. The molecule has 0 aliphatic rings. The van der Waals surface area contributed by atoms with Crippen LogP contribution in [0.2, 0.25) is 0 Å². The number of nitrogens with two attached hydrogens (primary N) is 1. The number of alkyl halides is 1. The largest absolute Gasteiger partial charge is 0.493 e. The lowest BCUT2D eigenvalue weighted by Crippen LogP contribution is -2.18. The van der Waals surface area contributed by atoms with Crippen molar-refractivity contribution in [2.24, 2.45) is 5.73 Å². The number of methoxy groups -OCH3 is 1. The molecule has 174 valence electrons. The van der Waals surface area contributed by atoms with E-state index >= 15 is 0 Å². The van der Waals surface area contributed by atoms with Gasteiger partial charge in [0, 0.05) is 23.6 Å². The maximum absolute atomic E-state index is 12.7. The summed E-state index contributed by atoms with van der Waals surface area (Å²) in [5, 5.41) is 15.3. The summed E-state index contributed by atoms with van der Waals surface area (Å²) in [5.41, 5.74) is 6.90. The van der Waals surface area contributed by atoms with Crippen LogP contribution in [0, 0.1) is 5.41 Å². The molecule has 0 bridgehead atoms. The first-order valence-corrected chi connectivity index (χ1v) is 10.0. The molecule has 0 aliphatic carbocycles. The van der Waals surface area contributed by atoms with Crippen LogP contribution in [0.5, 0.6) is 11.5 Å². The van der Waals surface area contributed by atoms with Crippen LogP contribution in [-0.4, -0.2) is 44.5 Å². The van der Waals surface area contributed by atoms with Crippen molar-refractivity contribution in [3.05, 3.63) is 88.4 Å². The molecule has 0 radical (unpaired) electrons. The van der Waals surface area contributed by atoms with Gasteiger partial charge in [0.2, 0.25) is 6.86 Å². The van der Waals surface area contributed by atoms with Crippen molar-refractivity contribution >= 4 is 11.5 Å². The highest BCUT2D eigenvalue weighted by Gasteiger charge is 2.22. The number of nitrogen functional groups attached to an aromatic ring is 1. The molecule has 1 atom stereocenters. The molecule has 1 unspecified atom stereocenters. The number of H-pyrrole nitrogens is 1. The molecule has 0 aliphatic heterocycles. The van der Waals surface area contributed by atoms with Crippen molar-refractivity contribution in [1.82, 2.24) is 24.7 Å². The van der Waals surface area contributed by atoms with Gasteiger partial charge in [0.25, 0.3) is 5.95 Å². The standard InChI is InChI=1S/C22H21FN8O3/c1-33-17-11-14(5-8-16(17)34-12-23)18(28-15-6-3-13(4-7-15)19(24)25)20-29-22(32)31(30-20)21-26-9-2-10-27-21/h2-11,18,28H,12H2,1H3,(H3,24,25)(H,29,30,32). The molecule has 0 saturated carbocycles. The van der Waals surface area contributed by atoms with Crippen molar-refractivity contribution < 1.29 is 13.9 Å². The zero-order valence-electron chi connectivity index (χ0n) is 18.0. The van der Waals surface area contributed by atoms with Crippen molar-refractivity contribution in [3.63, 3.8) is 0 Å². The van der Waals surface area contributed by atoms with Crippen LogP contribution >= 0.6 is 0 Å². The van der Waals surface area contributed by atoms with E-state index in [2.05, 4.69) is 25.4 Å². The molecule has 4 rings (SSSR count). The van der Waals surface area contributed by atoms with Gasteiger partial charge in [-0.1, -0.05) is 6.07 Å². The number of rotatable bonds is 9. The fourth-order valence-corrected chi connectivity index (χ4v) is 3.27. The number of ether oxygens (including phenoxy) is 2. The van der Waals surface area contributed by atoms with E-state index in [-0.39, 0.29) is 23.4 Å². The second kappa shape index (κ2) is 9.81. The van der Waals surface area contributed by atoms with Crippen LogP contribution < -0.4 is 26.2 Å². The van der Waals surface area contributed by atoms with Crippen molar-refractivity contribution in [1.29, 1.82) is 5.41 Å². The first kappa shape index (κ1) is 22.5. The molecule has 2 aromatic carbocycles. The predicted octanol–water partition coefficient (Wildman–Crippen LogP) is 2.15. The smallest absolute Gasteiger partial charge is 0.350 e. The molecule has 2 aromatic heterocycles. The first-order chi connectivity index (χ1) is 16.5. The van der Waals surface area contributed by atoms with Crippen molar-refractivity contribution in [3.8, 4) is 17.4 Å². The summed E-state index contributed by atoms with van der Waals surface area (Å²) in [5.74, 6) is 0.873. The summed E-state index contributed by atoms with van der Waals surface area (Å²) in [6.07, 6.45) is 3.01. The summed E-state index contributed by atoms with van der Waals surface area (Å²) in [4.78, 5) is 23.5. The van der Waals surface area contributed by atoms with E-state index in [0.29, 0.717) is 22.6 Å². The van der Waals surface area contributed by atoms with Crippen molar-refractivity contribution in [2.45, 2.75) is 6.04 Å². The fraction of sp³-hybridized carbons (Fsp3) is 0.136. The molecule has 11 nitrogen and oxygen atoms in total. The number of amidine groups is 1. The monoisotopic (exact) mass is 464 g/mol. The van der Waals surface area contributed by atoms with Gasteiger partial charge in [-0.15, -0.1) is 9.78 Å². The lowest BCUT2D eigenvalue weighted by Gasteiger charge is -2.20. The fourth-order valence-electron chi connectivity index (χ4n) is 3.27. The van der Waals surface area contributed by atoms with E-state index < -0.39 is 18.6 Å². The van der Waals surface area contributed by atoms with Crippen LogP contribution in [0.3, 0.4) is 0 Å². The zero-order chi connectivity index (χ0) is 24.1. The van der Waals surface area contributed by atoms with Crippen LogP contribution in [-0.2, 0) is 0 Å². The highest BCUT2D eigenvalue weighted by Crippen LogP contribution is 2.33. The van der Waals surface area contributed by atoms with Crippen LogP contribution in [0.15, 0.2) is 65.7 Å². The summed E-state index contributed by atoms with van der Waals surface area (Å²) in [7, 11) is 1.44.